The monoisotopic (exact) mass is 245 g/mol. The second-order valence-corrected chi connectivity index (χ2v) is 7.61. The van der Waals surface area contributed by atoms with Crippen molar-refractivity contribution < 1.29 is 4.79 Å². The number of likely N-dealkylation sites (tertiary alicyclic amines) is 1. The minimum atomic E-state index is -0.413. The number of nitrogens with zero attached hydrogens (tertiary/aromatic N) is 1. The second-order valence-electron chi connectivity index (χ2n) is 6.67. The lowest BCUT2D eigenvalue weighted by Gasteiger charge is -2.50. The van der Waals surface area contributed by atoms with Crippen LogP contribution in [0.5, 0.6) is 0 Å². The summed E-state index contributed by atoms with van der Waals surface area (Å²) in [4.78, 5) is 13.7. The molecule has 1 heterocycles. The number of carbonyl (C=O) groups is 1. The van der Waals surface area contributed by atoms with Crippen LogP contribution in [0.1, 0.15) is 54.4 Å². The normalized spacial score (nSPS) is 22.4. The molecule has 1 saturated heterocycles. The standard InChI is InChI=1S/C13H24ClNO/c1-11(2)7-8-15(10(16)9-11)13(5,6)12(3,4)14/h7-9H2,1-6H3. The molecule has 0 aliphatic carbocycles. The number of hydrogen-bond acceptors (Lipinski definition) is 1. The summed E-state index contributed by atoms with van der Waals surface area (Å²) in [6, 6.07) is 0. The molecule has 0 aromatic heterocycles. The lowest BCUT2D eigenvalue weighted by molar-refractivity contribution is -0.144. The van der Waals surface area contributed by atoms with E-state index in [0.29, 0.717) is 6.42 Å². The Labute approximate surface area is 104 Å². The van der Waals surface area contributed by atoms with Crippen molar-refractivity contribution >= 4 is 17.5 Å². The predicted molar refractivity (Wildman–Crippen MR) is 68.7 cm³/mol. The number of hydrogen-bond donors (Lipinski definition) is 0. The molecule has 94 valence electrons. The molecule has 1 aliphatic heterocycles. The summed E-state index contributed by atoms with van der Waals surface area (Å²) in [6.45, 7) is 13.2. The molecule has 1 aliphatic rings. The van der Waals surface area contributed by atoms with Crippen LogP contribution in [0, 0.1) is 5.41 Å². The molecule has 0 aromatic rings. The van der Waals surface area contributed by atoms with E-state index in [2.05, 4.69) is 27.7 Å². The quantitative estimate of drug-likeness (QED) is 0.683. The van der Waals surface area contributed by atoms with Crippen molar-refractivity contribution in [3.8, 4) is 0 Å². The Hall–Kier alpha value is -0.240. The largest absolute Gasteiger partial charge is 0.336 e. The van der Waals surface area contributed by atoms with Crippen LogP contribution >= 0.6 is 11.6 Å². The Balaban J connectivity index is 2.88. The minimum Gasteiger partial charge on any atom is -0.336 e. The molecule has 0 unspecified atom stereocenters. The third-order valence-electron chi connectivity index (χ3n) is 4.07. The first-order valence-corrected chi connectivity index (χ1v) is 6.35. The molecule has 0 N–H and O–H groups in total. The maximum absolute atomic E-state index is 12.2. The minimum absolute atomic E-state index is 0.139. The summed E-state index contributed by atoms with van der Waals surface area (Å²) >= 11 is 6.40. The highest BCUT2D eigenvalue weighted by Crippen LogP contribution is 2.39. The van der Waals surface area contributed by atoms with E-state index >= 15 is 0 Å². The number of halogens is 1. The van der Waals surface area contributed by atoms with E-state index in [9.17, 15) is 4.79 Å². The van der Waals surface area contributed by atoms with E-state index in [4.69, 9.17) is 11.6 Å². The van der Waals surface area contributed by atoms with Gasteiger partial charge in [-0.3, -0.25) is 4.79 Å². The van der Waals surface area contributed by atoms with Gasteiger partial charge in [0.1, 0.15) is 0 Å². The highest BCUT2D eigenvalue weighted by atomic mass is 35.5. The first kappa shape index (κ1) is 13.8. The average Bonchev–Trinajstić information content (AvgIpc) is 1.98. The zero-order chi connectivity index (χ0) is 12.8. The number of piperidine rings is 1. The number of rotatable bonds is 2. The summed E-state index contributed by atoms with van der Waals surface area (Å²) in [5, 5.41) is 0. The fraction of sp³-hybridized carbons (Fsp3) is 0.923. The molecule has 0 atom stereocenters. The van der Waals surface area contributed by atoms with Gasteiger partial charge >= 0.3 is 0 Å². The van der Waals surface area contributed by atoms with Crippen LogP contribution in [0.15, 0.2) is 0 Å². The van der Waals surface area contributed by atoms with Crippen molar-refractivity contribution in [1.29, 1.82) is 0 Å². The Morgan fingerprint density at radius 1 is 1.25 bits per heavy atom. The SMILES string of the molecule is CC1(C)CCN(C(C)(C)C(C)(C)Cl)C(=O)C1. The van der Waals surface area contributed by atoms with Gasteiger partial charge in [-0.2, -0.15) is 0 Å². The van der Waals surface area contributed by atoms with Gasteiger partial charge in [0.2, 0.25) is 5.91 Å². The molecular weight excluding hydrogens is 222 g/mol. The lowest BCUT2D eigenvalue weighted by Crippen LogP contribution is -2.60. The van der Waals surface area contributed by atoms with Gasteiger partial charge in [-0.05, 0) is 39.5 Å². The maximum atomic E-state index is 12.2. The zero-order valence-corrected chi connectivity index (χ0v) is 12.1. The maximum Gasteiger partial charge on any atom is 0.223 e. The molecule has 0 saturated carbocycles. The van der Waals surface area contributed by atoms with Gasteiger partial charge in [0.15, 0.2) is 0 Å². The Bertz CT molecular complexity index is 289. The van der Waals surface area contributed by atoms with E-state index in [1.165, 1.54) is 0 Å². The number of amides is 1. The van der Waals surface area contributed by atoms with Crippen LogP contribution in [0.3, 0.4) is 0 Å². The topological polar surface area (TPSA) is 20.3 Å². The van der Waals surface area contributed by atoms with Gasteiger partial charge < -0.3 is 4.90 Å². The van der Waals surface area contributed by atoms with Crippen molar-refractivity contribution in [3.05, 3.63) is 0 Å². The van der Waals surface area contributed by atoms with Crippen LogP contribution in [0.4, 0.5) is 0 Å². The first-order valence-electron chi connectivity index (χ1n) is 5.97. The second kappa shape index (κ2) is 3.90. The molecule has 16 heavy (non-hydrogen) atoms. The molecule has 3 heteroatoms. The van der Waals surface area contributed by atoms with Crippen LogP contribution in [-0.4, -0.2) is 27.8 Å². The first-order chi connectivity index (χ1) is 6.97. The fourth-order valence-electron chi connectivity index (χ4n) is 2.04. The highest BCUT2D eigenvalue weighted by Gasteiger charge is 2.45. The smallest absolute Gasteiger partial charge is 0.223 e. The molecule has 0 radical (unpaired) electrons. The fourth-order valence-corrected chi connectivity index (χ4v) is 2.15. The molecule has 0 spiro atoms. The molecule has 1 fully saturated rings. The summed E-state index contributed by atoms with van der Waals surface area (Å²) in [5.41, 5.74) is -0.164. The van der Waals surface area contributed by atoms with E-state index in [0.717, 1.165) is 13.0 Å². The zero-order valence-electron chi connectivity index (χ0n) is 11.4. The summed E-state index contributed by atoms with van der Waals surface area (Å²) in [6.07, 6.45) is 1.68. The van der Waals surface area contributed by atoms with Crippen LogP contribution in [0.25, 0.3) is 0 Å². The predicted octanol–water partition coefficient (Wildman–Crippen LogP) is 3.43. The van der Waals surface area contributed by atoms with Crippen molar-refractivity contribution in [2.45, 2.75) is 64.8 Å². The van der Waals surface area contributed by atoms with Gasteiger partial charge in [-0.25, -0.2) is 0 Å². The van der Waals surface area contributed by atoms with E-state index in [-0.39, 0.29) is 16.9 Å². The van der Waals surface area contributed by atoms with E-state index < -0.39 is 4.87 Å². The molecule has 0 bridgehead atoms. The Morgan fingerprint density at radius 3 is 2.12 bits per heavy atom. The van der Waals surface area contributed by atoms with Crippen molar-refractivity contribution in [1.82, 2.24) is 4.90 Å². The molecular formula is C13H24ClNO. The lowest BCUT2D eigenvalue weighted by atomic mass is 9.78. The van der Waals surface area contributed by atoms with Crippen molar-refractivity contribution in [3.63, 3.8) is 0 Å². The van der Waals surface area contributed by atoms with Gasteiger partial charge in [-0.15, -0.1) is 11.6 Å². The van der Waals surface area contributed by atoms with Gasteiger partial charge in [0, 0.05) is 13.0 Å². The Morgan fingerprint density at radius 2 is 1.75 bits per heavy atom. The molecule has 1 rings (SSSR count). The number of carbonyl (C=O) groups excluding carboxylic acids is 1. The van der Waals surface area contributed by atoms with Gasteiger partial charge in [-0.1, -0.05) is 13.8 Å². The third kappa shape index (κ3) is 2.53. The molecule has 2 nitrogen and oxygen atoms in total. The van der Waals surface area contributed by atoms with Crippen LogP contribution < -0.4 is 0 Å². The molecule has 0 aromatic carbocycles. The third-order valence-corrected chi connectivity index (χ3v) is 4.54. The number of alkyl halides is 1. The molecule has 1 amide bonds. The van der Waals surface area contributed by atoms with Crippen molar-refractivity contribution in [2.24, 2.45) is 5.41 Å². The van der Waals surface area contributed by atoms with Gasteiger partial charge in [0.05, 0.1) is 10.4 Å². The van der Waals surface area contributed by atoms with Crippen LogP contribution in [0.2, 0.25) is 0 Å². The van der Waals surface area contributed by atoms with Crippen LogP contribution in [-0.2, 0) is 4.79 Å². The Kier molecular flexibility index (Phi) is 3.37. The summed E-state index contributed by atoms with van der Waals surface area (Å²) < 4.78 is 0. The summed E-state index contributed by atoms with van der Waals surface area (Å²) in [5.74, 6) is 0.231. The average molecular weight is 246 g/mol. The van der Waals surface area contributed by atoms with E-state index in [1.54, 1.807) is 0 Å². The van der Waals surface area contributed by atoms with E-state index in [1.807, 2.05) is 18.7 Å². The summed E-state index contributed by atoms with van der Waals surface area (Å²) in [7, 11) is 0. The van der Waals surface area contributed by atoms with Crippen molar-refractivity contribution in [2.75, 3.05) is 6.54 Å². The highest BCUT2D eigenvalue weighted by molar-refractivity contribution is 6.24. The van der Waals surface area contributed by atoms with Gasteiger partial charge in [0.25, 0.3) is 0 Å².